The molecule has 3 fully saturated rings. The van der Waals surface area contributed by atoms with Gasteiger partial charge in [0.1, 0.15) is 11.9 Å². The van der Waals surface area contributed by atoms with Crippen molar-refractivity contribution in [3.63, 3.8) is 0 Å². The number of carbonyl (C=O) groups excluding carboxylic acids is 1. The fourth-order valence-electron chi connectivity index (χ4n) is 6.38. The standard InChI is InChI=1S/C26H37N7O/c34-25(32-14-5-2-6-15-32)22-13-8-16-33(22)26-27-20-12-7-11-19(20)24(29-26)28-23-17-21(30-31-23)18-9-3-1-4-10-18/h17-18,22H,1-16H2,(H2,27,28,29,30,31)/t22-/m1/s1. The Morgan fingerprint density at radius 1 is 0.912 bits per heavy atom. The molecule has 182 valence electrons. The van der Waals surface area contributed by atoms with Crippen molar-refractivity contribution in [3.8, 4) is 0 Å². The van der Waals surface area contributed by atoms with E-state index in [1.165, 1.54) is 49.8 Å². The summed E-state index contributed by atoms with van der Waals surface area (Å²) in [6.07, 6.45) is 14.9. The van der Waals surface area contributed by atoms with E-state index in [1.807, 2.05) is 0 Å². The molecule has 8 nitrogen and oxygen atoms in total. The predicted molar refractivity (Wildman–Crippen MR) is 133 cm³/mol. The Bertz CT molecular complexity index is 1020. The van der Waals surface area contributed by atoms with Crippen LogP contribution in [0.4, 0.5) is 17.6 Å². The van der Waals surface area contributed by atoms with Gasteiger partial charge in [0.2, 0.25) is 11.9 Å². The number of aromatic amines is 1. The van der Waals surface area contributed by atoms with Crippen LogP contribution in [-0.2, 0) is 17.6 Å². The van der Waals surface area contributed by atoms with E-state index in [1.54, 1.807) is 0 Å². The van der Waals surface area contributed by atoms with E-state index in [2.05, 4.69) is 31.4 Å². The van der Waals surface area contributed by atoms with Gasteiger partial charge in [-0.15, -0.1) is 0 Å². The van der Waals surface area contributed by atoms with Gasteiger partial charge in [-0.1, -0.05) is 19.3 Å². The quantitative estimate of drug-likeness (QED) is 0.680. The molecule has 0 radical (unpaired) electrons. The van der Waals surface area contributed by atoms with E-state index >= 15 is 0 Å². The molecular formula is C26H37N7O. The molecular weight excluding hydrogens is 426 g/mol. The van der Waals surface area contributed by atoms with Crippen molar-refractivity contribution in [3.05, 3.63) is 23.0 Å². The first kappa shape index (κ1) is 21.9. The van der Waals surface area contributed by atoms with Gasteiger partial charge in [-0.2, -0.15) is 10.1 Å². The number of rotatable bonds is 5. The molecule has 1 atom stereocenters. The maximum atomic E-state index is 13.3. The van der Waals surface area contributed by atoms with E-state index in [-0.39, 0.29) is 11.9 Å². The number of aromatic nitrogens is 4. The Morgan fingerprint density at radius 2 is 1.74 bits per heavy atom. The molecule has 1 saturated carbocycles. The number of carbonyl (C=O) groups is 1. The van der Waals surface area contributed by atoms with Gasteiger partial charge in [-0.05, 0) is 64.2 Å². The largest absolute Gasteiger partial charge is 0.341 e. The van der Waals surface area contributed by atoms with Gasteiger partial charge in [0, 0.05) is 42.9 Å². The van der Waals surface area contributed by atoms with Gasteiger partial charge in [-0.3, -0.25) is 9.89 Å². The molecule has 0 bridgehead atoms. The Labute approximate surface area is 201 Å². The van der Waals surface area contributed by atoms with Gasteiger partial charge >= 0.3 is 0 Å². The molecule has 2 saturated heterocycles. The smallest absolute Gasteiger partial charge is 0.245 e. The lowest BCUT2D eigenvalue weighted by molar-refractivity contribution is -0.133. The topological polar surface area (TPSA) is 90.0 Å². The van der Waals surface area contributed by atoms with Crippen molar-refractivity contribution in [2.24, 2.45) is 0 Å². The molecule has 2 aliphatic carbocycles. The Hall–Kier alpha value is -2.64. The van der Waals surface area contributed by atoms with Crippen LogP contribution < -0.4 is 10.2 Å². The molecule has 0 unspecified atom stereocenters. The first-order chi connectivity index (χ1) is 16.8. The summed E-state index contributed by atoms with van der Waals surface area (Å²) in [6, 6.07) is 2.03. The first-order valence-corrected chi connectivity index (χ1v) is 13.5. The number of nitrogens with one attached hydrogen (secondary N) is 2. The number of hydrogen-bond acceptors (Lipinski definition) is 6. The summed E-state index contributed by atoms with van der Waals surface area (Å²) in [6.45, 7) is 2.63. The second-order valence-electron chi connectivity index (χ2n) is 10.6. The molecule has 8 heteroatoms. The number of anilines is 3. The third-order valence-corrected chi connectivity index (χ3v) is 8.27. The van der Waals surface area contributed by atoms with Crippen LogP contribution in [0.5, 0.6) is 0 Å². The highest BCUT2D eigenvalue weighted by molar-refractivity contribution is 5.85. The second-order valence-corrected chi connectivity index (χ2v) is 10.6. The number of nitrogens with zero attached hydrogens (tertiary/aromatic N) is 5. The fraction of sp³-hybridized carbons (Fsp3) is 0.692. The number of piperidine rings is 1. The third kappa shape index (κ3) is 4.27. The van der Waals surface area contributed by atoms with Gasteiger partial charge in [0.15, 0.2) is 5.82 Å². The number of H-pyrrole nitrogens is 1. The average Bonchev–Trinajstić information content (AvgIpc) is 3.65. The van der Waals surface area contributed by atoms with Crippen LogP contribution in [0, 0.1) is 0 Å². The highest BCUT2D eigenvalue weighted by Crippen LogP contribution is 2.35. The van der Waals surface area contributed by atoms with Crippen LogP contribution in [0.3, 0.4) is 0 Å². The van der Waals surface area contributed by atoms with E-state index in [4.69, 9.17) is 9.97 Å². The second kappa shape index (κ2) is 9.55. The molecule has 4 heterocycles. The van der Waals surface area contributed by atoms with Crippen molar-refractivity contribution in [1.82, 2.24) is 25.1 Å². The number of likely N-dealkylation sites (tertiary alicyclic amines) is 1. The lowest BCUT2D eigenvalue weighted by Crippen LogP contribution is -2.48. The van der Waals surface area contributed by atoms with Crippen molar-refractivity contribution in [2.75, 3.05) is 29.9 Å². The molecule has 1 amide bonds. The lowest BCUT2D eigenvalue weighted by Gasteiger charge is -2.32. The van der Waals surface area contributed by atoms with Crippen molar-refractivity contribution in [2.45, 2.75) is 95.4 Å². The highest BCUT2D eigenvalue weighted by atomic mass is 16.2. The molecule has 34 heavy (non-hydrogen) atoms. The number of hydrogen-bond donors (Lipinski definition) is 2. The van der Waals surface area contributed by atoms with E-state index in [9.17, 15) is 4.79 Å². The summed E-state index contributed by atoms with van der Waals surface area (Å²) < 4.78 is 0. The van der Waals surface area contributed by atoms with Crippen LogP contribution in [0.25, 0.3) is 0 Å². The maximum Gasteiger partial charge on any atom is 0.245 e. The molecule has 2 N–H and O–H groups in total. The number of amides is 1. The van der Waals surface area contributed by atoms with Crippen LogP contribution in [0.15, 0.2) is 6.07 Å². The summed E-state index contributed by atoms with van der Waals surface area (Å²) in [5.41, 5.74) is 3.58. The number of fused-ring (bicyclic) bond motifs is 1. The summed E-state index contributed by atoms with van der Waals surface area (Å²) in [5, 5.41) is 11.4. The summed E-state index contributed by atoms with van der Waals surface area (Å²) >= 11 is 0. The van der Waals surface area contributed by atoms with E-state index in [0.29, 0.717) is 11.9 Å². The van der Waals surface area contributed by atoms with Crippen LogP contribution in [0.1, 0.15) is 93.5 Å². The average molecular weight is 464 g/mol. The minimum Gasteiger partial charge on any atom is -0.341 e. The molecule has 0 spiro atoms. The zero-order valence-corrected chi connectivity index (χ0v) is 20.2. The monoisotopic (exact) mass is 463 g/mol. The van der Waals surface area contributed by atoms with Crippen molar-refractivity contribution >= 4 is 23.5 Å². The SMILES string of the molecule is O=C([C@H]1CCCN1c1nc2c(c(Nc3cc(C4CCCCC4)[nH]n3)n1)CCC2)N1CCCCC1. The van der Waals surface area contributed by atoms with Gasteiger partial charge < -0.3 is 15.1 Å². The Morgan fingerprint density at radius 3 is 2.59 bits per heavy atom. The minimum absolute atomic E-state index is 0.131. The zero-order chi connectivity index (χ0) is 22.9. The molecule has 6 rings (SSSR count). The Balaban J connectivity index is 1.24. The Kier molecular flexibility index (Phi) is 6.14. The van der Waals surface area contributed by atoms with Crippen molar-refractivity contribution in [1.29, 1.82) is 0 Å². The van der Waals surface area contributed by atoms with Gasteiger partial charge in [-0.25, -0.2) is 4.98 Å². The number of aryl methyl sites for hydroxylation is 1. The van der Waals surface area contributed by atoms with Gasteiger partial charge in [0.25, 0.3) is 0 Å². The maximum absolute atomic E-state index is 13.3. The fourth-order valence-corrected chi connectivity index (χ4v) is 6.38. The van der Waals surface area contributed by atoms with E-state index < -0.39 is 0 Å². The molecule has 2 aromatic rings. The summed E-state index contributed by atoms with van der Waals surface area (Å²) in [5.74, 6) is 3.27. The zero-order valence-electron chi connectivity index (χ0n) is 20.2. The highest BCUT2D eigenvalue weighted by Gasteiger charge is 2.36. The predicted octanol–water partition coefficient (Wildman–Crippen LogP) is 4.46. The van der Waals surface area contributed by atoms with Crippen LogP contribution in [0.2, 0.25) is 0 Å². The summed E-state index contributed by atoms with van der Waals surface area (Å²) in [7, 11) is 0. The van der Waals surface area contributed by atoms with E-state index in [0.717, 1.165) is 81.9 Å². The normalized spacial score (nSPS) is 23.4. The first-order valence-electron chi connectivity index (χ1n) is 13.5. The summed E-state index contributed by atoms with van der Waals surface area (Å²) in [4.78, 5) is 27.5. The molecule has 4 aliphatic rings. The molecule has 0 aromatic carbocycles. The van der Waals surface area contributed by atoms with Crippen LogP contribution in [-0.4, -0.2) is 56.6 Å². The molecule has 2 aromatic heterocycles. The lowest BCUT2D eigenvalue weighted by atomic mass is 9.87. The minimum atomic E-state index is -0.131. The third-order valence-electron chi connectivity index (χ3n) is 8.27. The van der Waals surface area contributed by atoms with Crippen LogP contribution >= 0.6 is 0 Å². The molecule has 2 aliphatic heterocycles. The van der Waals surface area contributed by atoms with Crippen molar-refractivity contribution < 1.29 is 4.79 Å². The van der Waals surface area contributed by atoms with Gasteiger partial charge in [0.05, 0.1) is 5.69 Å².